The summed E-state index contributed by atoms with van der Waals surface area (Å²) in [6, 6.07) is 8.81. The van der Waals surface area contributed by atoms with Crippen molar-refractivity contribution in [2.24, 2.45) is 5.41 Å². The van der Waals surface area contributed by atoms with Gasteiger partial charge in [0.05, 0.1) is 0 Å². The standard InChI is InChI=1S/C16H22N2S2.ClH/c1-16(6-7-17-12-16)13-18(10-14-4-2-8-19-14)11-15-5-3-9-20-15;/h2-5,8-9,17H,6-7,10-13H2,1H3;1H. The molecule has 2 nitrogen and oxygen atoms in total. The van der Waals surface area contributed by atoms with Crippen molar-refractivity contribution in [3.8, 4) is 0 Å². The van der Waals surface area contributed by atoms with Crippen LogP contribution in [-0.2, 0) is 13.1 Å². The largest absolute Gasteiger partial charge is 0.316 e. The molecule has 21 heavy (non-hydrogen) atoms. The first kappa shape index (κ1) is 17.0. The Morgan fingerprint density at radius 3 is 2.19 bits per heavy atom. The number of hydrogen-bond acceptors (Lipinski definition) is 4. The molecular weight excluding hydrogens is 320 g/mol. The minimum Gasteiger partial charge on any atom is -0.316 e. The van der Waals surface area contributed by atoms with Crippen molar-refractivity contribution in [3.63, 3.8) is 0 Å². The molecule has 1 N–H and O–H groups in total. The molecule has 0 saturated carbocycles. The predicted octanol–water partition coefficient (Wildman–Crippen LogP) is 4.23. The normalized spacial score (nSPS) is 21.6. The van der Waals surface area contributed by atoms with Gasteiger partial charge in [0.25, 0.3) is 0 Å². The summed E-state index contributed by atoms with van der Waals surface area (Å²) >= 11 is 3.73. The third kappa shape index (κ3) is 4.80. The minimum atomic E-state index is 0. The first-order valence-electron chi connectivity index (χ1n) is 7.21. The van der Waals surface area contributed by atoms with Crippen molar-refractivity contribution >= 4 is 35.1 Å². The van der Waals surface area contributed by atoms with Crippen molar-refractivity contribution in [3.05, 3.63) is 44.8 Å². The van der Waals surface area contributed by atoms with E-state index >= 15 is 0 Å². The second-order valence-corrected chi connectivity index (χ2v) is 8.11. The highest BCUT2D eigenvalue weighted by Gasteiger charge is 2.30. The molecular formula is C16H23ClN2S2. The van der Waals surface area contributed by atoms with Gasteiger partial charge in [0.1, 0.15) is 0 Å². The van der Waals surface area contributed by atoms with Crippen molar-refractivity contribution in [2.45, 2.75) is 26.4 Å². The Hall–Kier alpha value is -0.390. The van der Waals surface area contributed by atoms with Gasteiger partial charge >= 0.3 is 0 Å². The summed E-state index contributed by atoms with van der Waals surface area (Å²) in [4.78, 5) is 5.55. The van der Waals surface area contributed by atoms with Crippen LogP contribution in [0.2, 0.25) is 0 Å². The minimum absolute atomic E-state index is 0. The summed E-state index contributed by atoms with van der Waals surface area (Å²) in [5, 5.41) is 7.87. The number of rotatable bonds is 6. The zero-order chi connectivity index (χ0) is 13.8. The van der Waals surface area contributed by atoms with E-state index < -0.39 is 0 Å². The molecule has 1 unspecified atom stereocenters. The van der Waals surface area contributed by atoms with Crippen LogP contribution in [0.3, 0.4) is 0 Å². The SMILES string of the molecule is CC1(CN(Cc2cccs2)Cc2cccs2)CCNC1.Cl. The lowest BCUT2D eigenvalue weighted by Gasteiger charge is -2.31. The molecule has 3 rings (SSSR count). The summed E-state index contributed by atoms with van der Waals surface area (Å²) in [6.07, 6.45) is 1.29. The molecule has 0 aliphatic carbocycles. The lowest BCUT2D eigenvalue weighted by atomic mass is 9.89. The molecule has 2 aromatic rings. The molecule has 1 fully saturated rings. The molecule has 0 radical (unpaired) electrons. The molecule has 3 heterocycles. The molecule has 1 saturated heterocycles. The van der Waals surface area contributed by atoms with E-state index in [1.54, 1.807) is 0 Å². The second kappa shape index (κ2) is 7.75. The third-order valence-corrected chi connectivity index (χ3v) is 5.70. The molecule has 116 valence electrons. The van der Waals surface area contributed by atoms with E-state index in [-0.39, 0.29) is 12.4 Å². The maximum absolute atomic E-state index is 3.51. The molecule has 0 aromatic carbocycles. The first-order valence-corrected chi connectivity index (χ1v) is 8.97. The van der Waals surface area contributed by atoms with E-state index in [0.717, 1.165) is 19.6 Å². The number of nitrogens with zero attached hydrogens (tertiary/aromatic N) is 1. The summed E-state index contributed by atoms with van der Waals surface area (Å²) in [5.74, 6) is 0. The highest BCUT2D eigenvalue weighted by atomic mass is 35.5. The van der Waals surface area contributed by atoms with Crippen molar-refractivity contribution in [1.29, 1.82) is 0 Å². The van der Waals surface area contributed by atoms with Crippen LogP contribution < -0.4 is 5.32 Å². The Kier molecular flexibility index (Phi) is 6.26. The van der Waals surface area contributed by atoms with E-state index in [1.807, 2.05) is 22.7 Å². The van der Waals surface area contributed by atoms with Crippen LogP contribution in [-0.4, -0.2) is 24.5 Å². The number of halogens is 1. The molecule has 1 aliphatic heterocycles. The van der Waals surface area contributed by atoms with Crippen LogP contribution in [0.25, 0.3) is 0 Å². The number of hydrogen-bond donors (Lipinski definition) is 1. The molecule has 5 heteroatoms. The molecule has 0 spiro atoms. The van der Waals surface area contributed by atoms with E-state index in [1.165, 1.54) is 29.3 Å². The Bertz CT molecular complexity index is 468. The Morgan fingerprint density at radius 1 is 1.14 bits per heavy atom. The summed E-state index contributed by atoms with van der Waals surface area (Å²) in [7, 11) is 0. The average Bonchev–Trinajstić information content (AvgIpc) is 3.12. The molecule has 1 aliphatic rings. The highest BCUT2D eigenvalue weighted by molar-refractivity contribution is 7.10. The zero-order valence-electron chi connectivity index (χ0n) is 12.4. The fourth-order valence-corrected chi connectivity index (χ4v) is 4.45. The molecule has 0 amide bonds. The summed E-state index contributed by atoms with van der Waals surface area (Å²) in [5.41, 5.74) is 0.425. The Morgan fingerprint density at radius 2 is 1.76 bits per heavy atom. The van der Waals surface area contributed by atoms with Gasteiger partial charge in [0.2, 0.25) is 0 Å². The quantitative estimate of drug-likeness (QED) is 0.845. The van der Waals surface area contributed by atoms with Crippen molar-refractivity contribution < 1.29 is 0 Å². The van der Waals surface area contributed by atoms with E-state index in [2.05, 4.69) is 52.2 Å². The third-order valence-electron chi connectivity index (χ3n) is 3.98. The predicted molar refractivity (Wildman–Crippen MR) is 95.6 cm³/mol. The van der Waals surface area contributed by atoms with Crippen LogP contribution in [0.4, 0.5) is 0 Å². The molecule has 1 atom stereocenters. The van der Waals surface area contributed by atoms with E-state index in [9.17, 15) is 0 Å². The van der Waals surface area contributed by atoms with Crippen LogP contribution in [0.1, 0.15) is 23.1 Å². The van der Waals surface area contributed by atoms with E-state index in [4.69, 9.17) is 0 Å². The highest BCUT2D eigenvalue weighted by Crippen LogP contribution is 2.28. The van der Waals surface area contributed by atoms with Crippen LogP contribution >= 0.6 is 35.1 Å². The van der Waals surface area contributed by atoms with Crippen molar-refractivity contribution in [1.82, 2.24) is 10.2 Å². The monoisotopic (exact) mass is 342 g/mol. The first-order chi connectivity index (χ1) is 9.73. The summed E-state index contributed by atoms with van der Waals surface area (Å²) < 4.78 is 0. The van der Waals surface area contributed by atoms with Gasteiger partial charge in [-0.3, -0.25) is 4.90 Å². The van der Waals surface area contributed by atoms with Crippen LogP contribution in [0.5, 0.6) is 0 Å². The zero-order valence-corrected chi connectivity index (χ0v) is 14.8. The van der Waals surface area contributed by atoms with Crippen molar-refractivity contribution in [2.75, 3.05) is 19.6 Å². The van der Waals surface area contributed by atoms with Gasteiger partial charge in [0, 0.05) is 35.9 Å². The second-order valence-electron chi connectivity index (χ2n) is 6.04. The van der Waals surface area contributed by atoms with E-state index in [0.29, 0.717) is 5.41 Å². The topological polar surface area (TPSA) is 15.3 Å². The lowest BCUT2D eigenvalue weighted by molar-refractivity contribution is 0.166. The number of nitrogens with one attached hydrogen (secondary N) is 1. The fraction of sp³-hybridized carbons (Fsp3) is 0.500. The van der Waals surface area contributed by atoms with Crippen LogP contribution in [0, 0.1) is 5.41 Å². The number of thiophene rings is 2. The smallest absolute Gasteiger partial charge is 0.0332 e. The van der Waals surface area contributed by atoms with Gasteiger partial charge in [-0.15, -0.1) is 35.1 Å². The van der Waals surface area contributed by atoms with Gasteiger partial charge in [-0.2, -0.15) is 0 Å². The lowest BCUT2D eigenvalue weighted by Crippen LogP contribution is -2.36. The Labute approximate surface area is 141 Å². The maximum Gasteiger partial charge on any atom is 0.0332 e. The average molecular weight is 343 g/mol. The van der Waals surface area contributed by atoms with Gasteiger partial charge in [0.15, 0.2) is 0 Å². The van der Waals surface area contributed by atoms with Gasteiger partial charge < -0.3 is 5.32 Å². The fourth-order valence-electron chi connectivity index (χ4n) is 2.96. The maximum atomic E-state index is 3.51. The van der Waals surface area contributed by atoms with Gasteiger partial charge in [-0.25, -0.2) is 0 Å². The van der Waals surface area contributed by atoms with Gasteiger partial charge in [-0.1, -0.05) is 19.1 Å². The summed E-state index contributed by atoms with van der Waals surface area (Å²) in [6.45, 7) is 8.07. The van der Waals surface area contributed by atoms with Gasteiger partial charge in [-0.05, 0) is 41.3 Å². The molecule has 2 aromatic heterocycles. The Balaban J connectivity index is 0.00000161. The molecule has 0 bridgehead atoms. The van der Waals surface area contributed by atoms with Crippen LogP contribution in [0.15, 0.2) is 35.0 Å².